The molecule has 0 bridgehead atoms. The van der Waals surface area contributed by atoms with Crippen LogP contribution in [0.3, 0.4) is 0 Å². The summed E-state index contributed by atoms with van der Waals surface area (Å²) in [5, 5.41) is 5.78. The van der Waals surface area contributed by atoms with Crippen LogP contribution in [-0.2, 0) is 6.42 Å². The number of hydrogen-bond donors (Lipinski definition) is 1. The van der Waals surface area contributed by atoms with E-state index in [4.69, 9.17) is 0 Å². The summed E-state index contributed by atoms with van der Waals surface area (Å²) in [6.45, 7) is 0.539. The van der Waals surface area contributed by atoms with E-state index in [1.165, 1.54) is 0 Å². The van der Waals surface area contributed by atoms with Gasteiger partial charge in [-0.25, -0.2) is 4.98 Å². The van der Waals surface area contributed by atoms with E-state index in [0.29, 0.717) is 29.7 Å². The van der Waals surface area contributed by atoms with Crippen LogP contribution in [0.4, 0.5) is 0 Å². The Bertz CT molecular complexity index is 812. The second kappa shape index (κ2) is 7.66. The maximum Gasteiger partial charge on any atom is 0.251 e. The zero-order valence-corrected chi connectivity index (χ0v) is 13.8. The monoisotopic (exact) mass is 336 g/mol. The average Bonchev–Trinajstić information content (AvgIpc) is 3.15. The lowest BCUT2D eigenvalue weighted by molar-refractivity contribution is 0.0952. The molecule has 0 unspecified atom stereocenters. The van der Waals surface area contributed by atoms with Gasteiger partial charge in [0.1, 0.15) is 0 Å². The Kier molecular flexibility index (Phi) is 5.13. The number of ketones is 1. The minimum absolute atomic E-state index is 0.0497. The molecule has 0 spiro atoms. The van der Waals surface area contributed by atoms with Gasteiger partial charge in [0.25, 0.3) is 5.91 Å². The third kappa shape index (κ3) is 3.94. The topological polar surface area (TPSA) is 59.1 Å². The highest BCUT2D eigenvalue weighted by Gasteiger charge is 2.10. The predicted octanol–water partition coefficient (Wildman–Crippen LogP) is 3.35. The van der Waals surface area contributed by atoms with Gasteiger partial charge in [0, 0.05) is 41.2 Å². The third-order valence-corrected chi connectivity index (χ3v) is 4.39. The van der Waals surface area contributed by atoms with Gasteiger partial charge in [-0.15, -0.1) is 11.3 Å². The highest BCUT2D eigenvalue weighted by Crippen LogP contribution is 2.11. The Morgan fingerprint density at radius 3 is 2.25 bits per heavy atom. The summed E-state index contributed by atoms with van der Waals surface area (Å²) in [6, 6.07) is 15.8. The highest BCUT2D eigenvalue weighted by atomic mass is 32.1. The third-order valence-electron chi connectivity index (χ3n) is 3.55. The van der Waals surface area contributed by atoms with E-state index in [0.717, 1.165) is 5.01 Å². The van der Waals surface area contributed by atoms with Crippen LogP contribution >= 0.6 is 11.3 Å². The van der Waals surface area contributed by atoms with Crippen molar-refractivity contribution in [3.63, 3.8) is 0 Å². The first-order chi connectivity index (χ1) is 11.7. The van der Waals surface area contributed by atoms with E-state index in [1.54, 1.807) is 53.9 Å². The molecule has 0 aliphatic carbocycles. The molecule has 1 heterocycles. The Morgan fingerprint density at radius 2 is 1.58 bits per heavy atom. The van der Waals surface area contributed by atoms with E-state index in [2.05, 4.69) is 10.3 Å². The van der Waals surface area contributed by atoms with Crippen LogP contribution < -0.4 is 5.32 Å². The Labute approximate surface area is 144 Å². The normalized spacial score (nSPS) is 10.3. The summed E-state index contributed by atoms with van der Waals surface area (Å²) in [6.07, 6.45) is 2.47. The molecule has 4 nitrogen and oxygen atoms in total. The highest BCUT2D eigenvalue weighted by molar-refractivity contribution is 7.09. The van der Waals surface area contributed by atoms with Crippen molar-refractivity contribution in [3.05, 3.63) is 87.9 Å². The minimum atomic E-state index is -0.148. The van der Waals surface area contributed by atoms with E-state index in [-0.39, 0.29) is 11.7 Å². The molecule has 5 heteroatoms. The fourth-order valence-electron chi connectivity index (χ4n) is 2.29. The van der Waals surface area contributed by atoms with Gasteiger partial charge in [0.05, 0.1) is 5.01 Å². The SMILES string of the molecule is O=C(NCCc1nccs1)c1ccc(C(=O)c2ccccc2)cc1. The lowest BCUT2D eigenvalue weighted by atomic mass is 10.0. The zero-order valence-electron chi connectivity index (χ0n) is 12.9. The number of hydrogen-bond acceptors (Lipinski definition) is 4. The van der Waals surface area contributed by atoms with Crippen molar-refractivity contribution >= 4 is 23.0 Å². The number of amides is 1. The standard InChI is InChI=1S/C19H16N2O2S/c22-18(14-4-2-1-3-5-14)15-6-8-16(9-7-15)19(23)21-11-10-17-20-12-13-24-17/h1-9,12-13H,10-11H2,(H,21,23). The van der Waals surface area contributed by atoms with Crippen LogP contribution in [0, 0.1) is 0 Å². The van der Waals surface area contributed by atoms with Crippen LogP contribution in [0.5, 0.6) is 0 Å². The van der Waals surface area contributed by atoms with E-state index in [9.17, 15) is 9.59 Å². The molecule has 24 heavy (non-hydrogen) atoms. The molecule has 1 aromatic heterocycles. The van der Waals surface area contributed by atoms with E-state index >= 15 is 0 Å². The Balaban J connectivity index is 1.59. The van der Waals surface area contributed by atoms with Crippen molar-refractivity contribution < 1.29 is 9.59 Å². The molecule has 0 aliphatic rings. The minimum Gasteiger partial charge on any atom is -0.352 e. The van der Waals surface area contributed by atoms with Crippen LogP contribution in [0.2, 0.25) is 0 Å². The molecule has 0 fully saturated rings. The molecule has 120 valence electrons. The smallest absolute Gasteiger partial charge is 0.251 e. The summed E-state index contributed by atoms with van der Waals surface area (Å²) < 4.78 is 0. The molecule has 0 saturated heterocycles. The van der Waals surface area contributed by atoms with Crippen molar-refractivity contribution in [2.45, 2.75) is 6.42 Å². The van der Waals surface area contributed by atoms with Gasteiger partial charge in [-0.1, -0.05) is 42.5 Å². The number of nitrogens with one attached hydrogen (secondary N) is 1. The summed E-state index contributed by atoms with van der Waals surface area (Å²) in [4.78, 5) is 28.6. The van der Waals surface area contributed by atoms with Gasteiger partial charge in [-0.05, 0) is 12.1 Å². The molecular formula is C19H16N2O2S. The molecule has 0 atom stereocenters. The number of carbonyl (C=O) groups is 2. The summed E-state index contributed by atoms with van der Waals surface area (Å²) >= 11 is 1.57. The second-order valence-electron chi connectivity index (χ2n) is 5.20. The van der Waals surface area contributed by atoms with Crippen LogP contribution in [0.15, 0.2) is 66.2 Å². The van der Waals surface area contributed by atoms with Crippen molar-refractivity contribution in [3.8, 4) is 0 Å². The molecule has 3 aromatic rings. The number of carbonyl (C=O) groups excluding carboxylic acids is 2. The summed E-state index contributed by atoms with van der Waals surface area (Å²) in [5.41, 5.74) is 1.75. The van der Waals surface area contributed by atoms with E-state index in [1.807, 2.05) is 23.6 Å². The molecule has 1 amide bonds. The average molecular weight is 336 g/mol. The first kappa shape index (κ1) is 16.1. The number of rotatable bonds is 6. The van der Waals surface area contributed by atoms with Crippen molar-refractivity contribution in [1.82, 2.24) is 10.3 Å². The fraction of sp³-hybridized carbons (Fsp3) is 0.105. The van der Waals surface area contributed by atoms with Gasteiger partial charge in [-0.3, -0.25) is 9.59 Å². The predicted molar refractivity (Wildman–Crippen MR) is 94.5 cm³/mol. The van der Waals surface area contributed by atoms with Crippen molar-refractivity contribution in [1.29, 1.82) is 0 Å². The van der Waals surface area contributed by atoms with Gasteiger partial charge in [0.2, 0.25) is 0 Å². The number of nitrogens with zero attached hydrogens (tertiary/aromatic N) is 1. The second-order valence-corrected chi connectivity index (χ2v) is 6.18. The van der Waals surface area contributed by atoms with Crippen molar-refractivity contribution in [2.75, 3.05) is 6.54 Å². The Hall–Kier alpha value is -2.79. The number of benzene rings is 2. The van der Waals surface area contributed by atoms with Gasteiger partial charge in [0.15, 0.2) is 5.78 Å². The summed E-state index contributed by atoms with van der Waals surface area (Å²) in [7, 11) is 0. The molecular weight excluding hydrogens is 320 g/mol. The van der Waals surface area contributed by atoms with Crippen LogP contribution in [0.25, 0.3) is 0 Å². The largest absolute Gasteiger partial charge is 0.352 e. The van der Waals surface area contributed by atoms with Crippen LogP contribution in [-0.4, -0.2) is 23.2 Å². The maximum atomic E-state index is 12.3. The molecule has 2 aromatic carbocycles. The van der Waals surface area contributed by atoms with E-state index < -0.39 is 0 Å². The van der Waals surface area contributed by atoms with Gasteiger partial charge in [-0.2, -0.15) is 0 Å². The summed E-state index contributed by atoms with van der Waals surface area (Å²) in [5.74, 6) is -0.198. The zero-order chi connectivity index (χ0) is 16.8. The quantitative estimate of drug-likeness (QED) is 0.702. The number of aromatic nitrogens is 1. The Morgan fingerprint density at radius 1 is 0.917 bits per heavy atom. The van der Waals surface area contributed by atoms with Gasteiger partial charge >= 0.3 is 0 Å². The van der Waals surface area contributed by atoms with Crippen LogP contribution in [0.1, 0.15) is 31.3 Å². The lowest BCUT2D eigenvalue weighted by Gasteiger charge is -2.05. The lowest BCUT2D eigenvalue weighted by Crippen LogP contribution is -2.25. The first-order valence-electron chi connectivity index (χ1n) is 7.60. The molecule has 0 aliphatic heterocycles. The molecule has 0 saturated carbocycles. The van der Waals surface area contributed by atoms with Crippen molar-refractivity contribution in [2.24, 2.45) is 0 Å². The number of thiazole rings is 1. The first-order valence-corrected chi connectivity index (χ1v) is 8.48. The van der Waals surface area contributed by atoms with Gasteiger partial charge < -0.3 is 5.32 Å². The molecule has 0 radical (unpaired) electrons. The molecule has 3 rings (SSSR count). The maximum absolute atomic E-state index is 12.3. The fourth-order valence-corrected chi connectivity index (χ4v) is 2.91. The molecule has 1 N–H and O–H groups in total.